The Hall–Kier alpha value is -2.24. The average Bonchev–Trinajstić information content (AvgIpc) is 2.91. The van der Waals surface area contributed by atoms with Gasteiger partial charge in [-0.1, -0.05) is 6.92 Å². The lowest BCUT2D eigenvalue weighted by atomic mass is 10.2. The summed E-state index contributed by atoms with van der Waals surface area (Å²) in [5.74, 6) is 0.812. The molecule has 1 aliphatic rings. The first-order valence-corrected chi connectivity index (χ1v) is 5.88. The van der Waals surface area contributed by atoms with Crippen LogP contribution in [0.15, 0.2) is 30.6 Å². The Morgan fingerprint density at radius 3 is 2.67 bits per heavy atom. The number of nitrogens with one attached hydrogen (secondary N) is 1. The van der Waals surface area contributed by atoms with Crippen molar-refractivity contribution >= 4 is 11.6 Å². The Kier molecular flexibility index (Phi) is 2.55. The maximum absolute atomic E-state index is 11.8. The molecule has 2 unspecified atom stereocenters. The second kappa shape index (κ2) is 4.21. The topological polar surface area (TPSA) is 72.7 Å². The van der Waals surface area contributed by atoms with E-state index in [0.29, 0.717) is 5.92 Å². The summed E-state index contributed by atoms with van der Waals surface area (Å²) in [6, 6.07) is 7.43. The molecule has 0 aliphatic heterocycles. The minimum Gasteiger partial charge on any atom is -0.326 e. The molecule has 0 bridgehead atoms. The molecule has 0 spiro atoms. The molecule has 2 atom stereocenters. The second-order valence-electron chi connectivity index (χ2n) is 4.61. The van der Waals surface area contributed by atoms with Gasteiger partial charge in [-0.05, 0) is 47.0 Å². The van der Waals surface area contributed by atoms with Crippen molar-refractivity contribution in [2.24, 2.45) is 11.8 Å². The Morgan fingerprint density at radius 2 is 2.11 bits per heavy atom. The summed E-state index contributed by atoms with van der Waals surface area (Å²) in [7, 11) is 0. The van der Waals surface area contributed by atoms with Crippen LogP contribution < -0.4 is 5.32 Å². The normalized spacial score (nSPS) is 21.6. The predicted molar refractivity (Wildman–Crippen MR) is 65.1 cm³/mol. The fraction of sp³-hybridized carbons (Fsp3) is 0.333. The number of rotatable bonds is 3. The number of carbonyl (C=O) groups excluding carboxylic acids is 1. The second-order valence-corrected chi connectivity index (χ2v) is 4.61. The summed E-state index contributed by atoms with van der Waals surface area (Å²) in [6.07, 6.45) is 2.52. The zero-order chi connectivity index (χ0) is 12.5. The molecule has 0 saturated heterocycles. The van der Waals surface area contributed by atoms with Crippen LogP contribution in [0.25, 0.3) is 5.69 Å². The number of aromatic nitrogens is 4. The molecule has 1 aliphatic carbocycles. The van der Waals surface area contributed by atoms with E-state index in [-0.39, 0.29) is 11.8 Å². The monoisotopic (exact) mass is 243 g/mol. The molecular weight excluding hydrogens is 230 g/mol. The SMILES string of the molecule is CC1CC1C(=O)Nc1ccc(-n2cnnn2)cc1. The number of anilines is 1. The van der Waals surface area contributed by atoms with Gasteiger partial charge in [0, 0.05) is 11.6 Å². The van der Waals surface area contributed by atoms with Crippen molar-refractivity contribution in [2.75, 3.05) is 5.32 Å². The first kappa shape index (κ1) is 10.9. The molecule has 1 N–H and O–H groups in total. The zero-order valence-electron chi connectivity index (χ0n) is 9.95. The molecule has 2 aromatic rings. The van der Waals surface area contributed by atoms with Gasteiger partial charge in [0.25, 0.3) is 0 Å². The maximum Gasteiger partial charge on any atom is 0.227 e. The Morgan fingerprint density at radius 1 is 1.39 bits per heavy atom. The van der Waals surface area contributed by atoms with Crippen LogP contribution in [-0.2, 0) is 4.79 Å². The minimum absolute atomic E-state index is 0.109. The third kappa shape index (κ3) is 2.09. The van der Waals surface area contributed by atoms with Crippen LogP contribution in [0.2, 0.25) is 0 Å². The highest BCUT2D eigenvalue weighted by atomic mass is 16.2. The standard InChI is InChI=1S/C12H13N5O/c1-8-6-11(8)12(18)14-9-2-4-10(5-3-9)17-7-13-15-16-17/h2-5,7-8,11H,6H2,1H3,(H,14,18). The van der Waals surface area contributed by atoms with Crippen LogP contribution in [0, 0.1) is 11.8 Å². The Labute approximate surface area is 104 Å². The molecule has 1 aromatic carbocycles. The van der Waals surface area contributed by atoms with Crippen molar-refractivity contribution in [3.8, 4) is 5.69 Å². The maximum atomic E-state index is 11.8. The summed E-state index contributed by atoms with van der Waals surface area (Å²) in [6.45, 7) is 2.09. The molecule has 1 saturated carbocycles. The number of benzene rings is 1. The van der Waals surface area contributed by atoms with Crippen molar-refractivity contribution in [1.29, 1.82) is 0 Å². The Bertz CT molecular complexity index is 548. The van der Waals surface area contributed by atoms with Gasteiger partial charge in [-0.2, -0.15) is 0 Å². The van der Waals surface area contributed by atoms with Gasteiger partial charge in [-0.15, -0.1) is 5.10 Å². The number of nitrogens with zero attached hydrogens (tertiary/aromatic N) is 4. The molecule has 1 fully saturated rings. The zero-order valence-corrected chi connectivity index (χ0v) is 9.95. The van der Waals surface area contributed by atoms with E-state index in [9.17, 15) is 4.79 Å². The van der Waals surface area contributed by atoms with E-state index in [1.807, 2.05) is 24.3 Å². The number of hydrogen-bond donors (Lipinski definition) is 1. The molecule has 1 aromatic heterocycles. The first-order valence-electron chi connectivity index (χ1n) is 5.88. The lowest BCUT2D eigenvalue weighted by Crippen LogP contribution is -2.14. The van der Waals surface area contributed by atoms with Gasteiger partial charge in [0.15, 0.2) is 0 Å². The summed E-state index contributed by atoms with van der Waals surface area (Å²) in [4.78, 5) is 11.8. The van der Waals surface area contributed by atoms with Gasteiger partial charge in [0.05, 0.1) is 5.69 Å². The molecule has 1 heterocycles. The predicted octanol–water partition coefficient (Wildman–Crippen LogP) is 1.26. The Balaban J connectivity index is 1.69. The lowest BCUT2D eigenvalue weighted by molar-refractivity contribution is -0.117. The van der Waals surface area contributed by atoms with E-state index in [1.165, 1.54) is 6.33 Å². The highest BCUT2D eigenvalue weighted by molar-refractivity contribution is 5.94. The van der Waals surface area contributed by atoms with E-state index < -0.39 is 0 Å². The highest BCUT2D eigenvalue weighted by Crippen LogP contribution is 2.38. The van der Waals surface area contributed by atoms with Crippen LogP contribution in [0.5, 0.6) is 0 Å². The van der Waals surface area contributed by atoms with Crippen molar-refractivity contribution in [2.45, 2.75) is 13.3 Å². The minimum atomic E-state index is 0.109. The summed E-state index contributed by atoms with van der Waals surface area (Å²) >= 11 is 0. The van der Waals surface area contributed by atoms with Gasteiger partial charge in [-0.25, -0.2) is 4.68 Å². The van der Waals surface area contributed by atoms with Crippen LogP contribution in [0.3, 0.4) is 0 Å². The molecule has 18 heavy (non-hydrogen) atoms. The van der Waals surface area contributed by atoms with Gasteiger partial charge in [0.1, 0.15) is 6.33 Å². The van der Waals surface area contributed by atoms with E-state index in [1.54, 1.807) is 4.68 Å². The van der Waals surface area contributed by atoms with Crippen molar-refractivity contribution in [1.82, 2.24) is 20.2 Å². The molecule has 92 valence electrons. The summed E-state index contributed by atoms with van der Waals surface area (Å²) in [5.41, 5.74) is 1.66. The molecule has 1 amide bonds. The quantitative estimate of drug-likeness (QED) is 0.880. The van der Waals surface area contributed by atoms with Crippen LogP contribution in [0.4, 0.5) is 5.69 Å². The van der Waals surface area contributed by atoms with Crippen molar-refractivity contribution in [3.05, 3.63) is 30.6 Å². The third-order valence-corrected chi connectivity index (χ3v) is 3.19. The van der Waals surface area contributed by atoms with Gasteiger partial charge in [-0.3, -0.25) is 4.79 Å². The van der Waals surface area contributed by atoms with E-state index >= 15 is 0 Å². The molecule has 6 nitrogen and oxygen atoms in total. The molecular formula is C12H13N5O. The number of amides is 1. The van der Waals surface area contributed by atoms with E-state index in [2.05, 4.69) is 27.8 Å². The van der Waals surface area contributed by atoms with Crippen LogP contribution >= 0.6 is 0 Å². The number of hydrogen-bond acceptors (Lipinski definition) is 4. The van der Waals surface area contributed by atoms with E-state index in [0.717, 1.165) is 17.8 Å². The number of carbonyl (C=O) groups is 1. The van der Waals surface area contributed by atoms with Crippen LogP contribution in [0.1, 0.15) is 13.3 Å². The highest BCUT2D eigenvalue weighted by Gasteiger charge is 2.38. The van der Waals surface area contributed by atoms with Crippen molar-refractivity contribution < 1.29 is 4.79 Å². The molecule has 0 radical (unpaired) electrons. The summed E-state index contributed by atoms with van der Waals surface area (Å²) < 4.78 is 1.56. The van der Waals surface area contributed by atoms with Crippen molar-refractivity contribution in [3.63, 3.8) is 0 Å². The smallest absolute Gasteiger partial charge is 0.227 e. The third-order valence-electron chi connectivity index (χ3n) is 3.19. The summed E-state index contributed by atoms with van der Waals surface area (Å²) in [5, 5.41) is 13.8. The average molecular weight is 243 g/mol. The first-order chi connectivity index (χ1) is 8.74. The largest absolute Gasteiger partial charge is 0.326 e. The molecule has 3 rings (SSSR count). The lowest BCUT2D eigenvalue weighted by Gasteiger charge is -2.05. The van der Waals surface area contributed by atoms with Gasteiger partial charge < -0.3 is 5.32 Å². The van der Waals surface area contributed by atoms with Gasteiger partial charge in [0.2, 0.25) is 5.91 Å². The fourth-order valence-corrected chi connectivity index (χ4v) is 1.90. The van der Waals surface area contributed by atoms with E-state index in [4.69, 9.17) is 0 Å². The van der Waals surface area contributed by atoms with Gasteiger partial charge >= 0.3 is 0 Å². The van der Waals surface area contributed by atoms with Crippen LogP contribution in [-0.4, -0.2) is 26.1 Å². The molecule has 6 heteroatoms. The fourth-order valence-electron chi connectivity index (χ4n) is 1.90. The number of tetrazole rings is 1.